The Labute approximate surface area is 167 Å². The van der Waals surface area contributed by atoms with E-state index in [1.54, 1.807) is 14.2 Å². The molecule has 0 radical (unpaired) electrons. The number of halogens is 1. The Bertz CT molecular complexity index is 664. The molecule has 9 heteroatoms. The first kappa shape index (κ1) is 22.0. The van der Waals surface area contributed by atoms with Gasteiger partial charge >= 0.3 is 0 Å². The maximum atomic E-state index is 11.1. The lowest BCUT2D eigenvalue weighted by Gasteiger charge is -2.22. The molecule has 1 heterocycles. The summed E-state index contributed by atoms with van der Waals surface area (Å²) in [6, 6.07) is 8.20. The zero-order valence-electron chi connectivity index (χ0n) is 14.9. The van der Waals surface area contributed by atoms with Crippen LogP contribution in [0.25, 0.3) is 0 Å². The second kappa shape index (κ2) is 10.2. The molecular weight excluding hydrogens is 455 g/mol. The van der Waals surface area contributed by atoms with Crippen molar-refractivity contribution in [1.29, 1.82) is 0 Å². The van der Waals surface area contributed by atoms with Crippen LogP contribution < -0.4 is 14.8 Å². The number of nitrogens with zero attached hydrogens (tertiary/aromatic N) is 2. The fourth-order valence-electron chi connectivity index (χ4n) is 2.84. The smallest absolute Gasteiger partial charge is 0.208 e. The summed E-state index contributed by atoms with van der Waals surface area (Å²) >= 11 is 0. The Hall–Kier alpha value is -1.07. The van der Waals surface area contributed by atoms with Crippen LogP contribution in [0.4, 0.5) is 0 Å². The summed E-state index contributed by atoms with van der Waals surface area (Å²) in [5.41, 5.74) is 1.30. The molecule has 1 aromatic rings. The number of aliphatic imine (C=N–C) groups is 1. The normalized spacial score (nSPS) is 18.0. The molecule has 7 nitrogen and oxygen atoms in total. The van der Waals surface area contributed by atoms with Gasteiger partial charge in [0.05, 0.1) is 13.4 Å². The number of likely N-dealkylation sites (tertiary alicyclic amines) is 1. The van der Waals surface area contributed by atoms with Gasteiger partial charge in [0, 0.05) is 39.1 Å². The van der Waals surface area contributed by atoms with Crippen LogP contribution in [0.3, 0.4) is 0 Å². The van der Waals surface area contributed by atoms with Crippen molar-refractivity contribution < 1.29 is 13.2 Å². The molecule has 0 saturated carbocycles. The van der Waals surface area contributed by atoms with E-state index in [4.69, 9.17) is 4.74 Å². The summed E-state index contributed by atoms with van der Waals surface area (Å²) in [6.07, 6.45) is 2.22. The van der Waals surface area contributed by atoms with Crippen molar-refractivity contribution in [1.82, 2.24) is 14.9 Å². The van der Waals surface area contributed by atoms with E-state index in [2.05, 4.69) is 32.1 Å². The van der Waals surface area contributed by atoms with Gasteiger partial charge in [-0.2, -0.15) is 0 Å². The first-order valence-corrected chi connectivity index (χ1v) is 9.86. The molecule has 2 N–H and O–H groups in total. The van der Waals surface area contributed by atoms with Crippen LogP contribution in [0.2, 0.25) is 0 Å². The molecular formula is C16H27IN4O3S. The van der Waals surface area contributed by atoms with Crippen molar-refractivity contribution in [2.75, 3.05) is 46.6 Å². The lowest BCUT2D eigenvalue weighted by Crippen LogP contribution is -2.43. The molecule has 1 saturated heterocycles. The predicted molar refractivity (Wildman–Crippen MR) is 112 cm³/mol. The summed E-state index contributed by atoms with van der Waals surface area (Å²) in [5.74, 6) is 2.13. The zero-order valence-corrected chi connectivity index (χ0v) is 18.0. The fourth-order valence-corrected chi connectivity index (χ4v) is 3.32. The van der Waals surface area contributed by atoms with Gasteiger partial charge < -0.3 is 15.0 Å². The van der Waals surface area contributed by atoms with Crippen LogP contribution in [-0.2, 0) is 10.0 Å². The molecule has 1 fully saturated rings. The SMILES string of the molecule is CN=C(NCCNS(C)(=O)=O)N1CCC(c2ccc(OC)cc2)C1.I. The Balaban J connectivity index is 0.00000312. The maximum Gasteiger partial charge on any atom is 0.208 e. The van der Waals surface area contributed by atoms with Gasteiger partial charge in [-0.15, -0.1) is 24.0 Å². The molecule has 2 rings (SSSR count). The number of guanidine groups is 1. The monoisotopic (exact) mass is 482 g/mol. The summed E-state index contributed by atoms with van der Waals surface area (Å²) in [5, 5.41) is 3.20. The Morgan fingerprint density at radius 1 is 1.32 bits per heavy atom. The third-order valence-electron chi connectivity index (χ3n) is 4.06. The van der Waals surface area contributed by atoms with Gasteiger partial charge in [-0.3, -0.25) is 4.99 Å². The van der Waals surface area contributed by atoms with Gasteiger partial charge in [0.1, 0.15) is 5.75 Å². The highest BCUT2D eigenvalue weighted by molar-refractivity contribution is 14.0. The number of hydrogen-bond acceptors (Lipinski definition) is 4. The van der Waals surface area contributed by atoms with Crippen LogP contribution in [0, 0.1) is 0 Å². The van der Waals surface area contributed by atoms with E-state index >= 15 is 0 Å². The van der Waals surface area contributed by atoms with E-state index in [9.17, 15) is 8.42 Å². The largest absolute Gasteiger partial charge is 0.497 e. The average Bonchev–Trinajstić information content (AvgIpc) is 3.04. The van der Waals surface area contributed by atoms with Gasteiger partial charge in [-0.1, -0.05) is 12.1 Å². The van der Waals surface area contributed by atoms with Gasteiger partial charge in [0.2, 0.25) is 10.0 Å². The average molecular weight is 482 g/mol. The van der Waals surface area contributed by atoms with Gasteiger partial charge in [0.25, 0.3) is 0 Å². The van der Waals surface area contributed by atoms with Crippen LogP contribution >= 0.6 is 24.0 Å². The third-order valence-corrected chi connectivity index (χ3v) is 4.79. The highest BCUT2D eigenvalue weighted by Gasteiger charge is 2.25. The molecule has 0 amide bonds. The minimum atomic E-state index is -3.15. The fraction of sp³-hybridized carbons (Fsp3) is 0.562. The molecule has 1 aliphatic heterocycles. The van der Waals surface area contributed by atoms with E-state index in [0.29, 0.717) is 19.0 Å². The maximum absolute atomic E-state index is 11.1. The van der Waals surface area contributed by atoms with Crippen LogP contribution in [0.1, 0.15) is 17.9 Å². The number of nitrogens with one attached hydrogen (secondary N) is 2. The van der Waals surface area contributed by atoms with Crippen molar-refractivity contribution >= 4 is 40.0 Å². The van der Waals surface area contributed by atoms with Crippen molar-refractivity contribution in [2.24, 2.45) is 4.99 Å². The molecule has 25 heavy (non-hydrogen) atoms. The molecule has 0 aliphatic carbocycles. The summed E-state index contributed by atoms with van der Waals surface area (Å²) < 4.78 is 29.8. The van der Waals surface area contributed by atoms with E-state index in [1.165, 1.54) is 5.56 Å². The number of sulfonamides is 1. The van der Waals surface area contributed by atoms with E-state index < -0.39 is 10.0 Å². The first-order valence-electron chi connectivity index (χ1n) is 7.97. The van der Waals surface area contributed by atoms with E-state index in [-0.39, 0.29) is 24.0 Å². The van der Waals surface area contributed by atoms with Crippen LogP contribution in [0.15, 0.2) is 29.3 Å². The number of methoxy groups -OCH3 is 1. The highest BCUT2D eigenvalue weighted by Crippen LogP contribution is 2.28. The Kier molecular flexibility index (Phi) is 8.94. The first-order chi connectivity index (χ1) is 11.4. The molecule has 0 spiro atoms. The zero-order chi connectivity index (χ0) is 17.6. The second-order valence-corrected chi connectivity index (χ2v) is 7.68. The summed E-state index contributed by atoms with van der Waals surface area (Å²) in [6.45, 7) is 2.67. The van der Waals surface area contributed by atoms with Crippen LogP contribution in [0.5, 0.6) is 5.75 Å². The quantitative estimate of drug-likeness (QED) is 0.276. The van der Waals surface area contributed by atoms with Crippen LogP contribution in [-0.4, -0.2) is 65.9 Å². The summed E-state index contributed by atoms with van der Waals surface area (Å²) in [4.78, 5) is 6.50. The molecule has 142 valence electrons. The standard InChI is InChI=1S/C16H26N4O3S.HI/c1-17-16(18-9-10-19-24(3,21)22)20-11-8-14(12-20)13-4-6-15(23-2)7-5-13;/h4-7,14,19H,8-12H2,1-3H3,(H,17,18);1H. The lowest BCUT2D eigenvalue weighted by atomic mass is 9.98. The van der Waals surface area contributed by atoms with Gasteiger partial charge in [-0.25, -0.2) is 13.1 Å². The highest BCUT2D eigenvalue weighted by atomic mass is 127. The van der Waals surface area contributed by atoms with Gasteiger partial charge in [-0.05, 0) is 24.1 Å². The second-order valence-electron chi connectivity index (χ2n) is 5.85. The predicted octanol–water partition coefficient (Wildman–Crippen LogP) is 1.23. The summed E-state index contributed by atoms with van der Waals surface area (Å²) in [7, 11) is 0.258. The lowest BCUT2D eigenvalue weighted by molar-refractivity contribution is 0.414. The Morgan fingerprint density at radius 3 is 2.56 bits per heavy atom. The van der Waals surface area contributed by atoms with Crippen molar-refractivity contribution in [3.63, 3.8) is 0 Å². The third kappa shape index (κ3) is 6.98. The number of ether oxygens (including phenoxy) is 1. The van der Waals surface area contributed by atoms with Crippen molar-refractivity contribution in [3.05, 3.63) is 29.8 Å². The topological polar surface area (TPSA) is 83.0 Å². The van der Waals surface area contributed by atoms with Crippen molar-refractivity contribution in [2.45, 2.75) is 12.3 Å². The number of rotatable bonds is 6. The van der Waals surface area contributed by atoms with E-state index in [1.807, 2.05) is 12.1 Å². The van der Waals surface area contributed by atoms with E-state index in [0.717, 1.165) is 37.5 Å². The number of benzene rings is 1. The molecule has 1 atom stereocenters. The molecule has 0 bridgehead atoms. The van der Waals surface area contributed by atoms with Crippen molar-refractivity contribution in [3.8, 4) is 5.75 Å². The molecule has 0 aromatic heterocycles. The minimum absolute atomic E-state index is 0. The molecule has 1 unspecified atom stereocenters. The van der Waals surface area contributed by atoms with Gasteiger partial charge in [0.15, 0.2) is 5.96 Å². The Morgan fingerprint density at radius 2 is 2.00 bits per heavy atom. The molecule has 1 aromatic carbocycles. The number of hydrogen-bond donors (Lipinski definition) is 2. The minimum Gasteiger partial charge on any atom is -0.497 e. The molecule has 1 aliphatic rings.